The summed E-state index contributed by atoms with van der Waals surface area (Å²) in [7, 11) is 0. The summed E-state index contributed by atoms with van der Waals surface area (Å²) < 4.78 is 0. The molecule has 0 aromatic carbocycles. The van der Waals surface area contributed by atoms with E-state index in [2.05, 4.69) is 19.2 Å². The highest BCUT2D eigenvalue weighted by Crippen LogP contribution is 2.63. The van der Waals surface area contributed by atoms with Crippen LogP contribution in [0.15, 0.2) is 17.5 Å². The van der Waals surface area contributed by atoms with E-state index < -0.39 is 5.60 Å². The second-order valence-corrected chi connectivity index (χ2v) is 12.2. The lowest BCUT2D eigenvalue weighted by Crippen LogP contribution is -2.53. The van der Waals surface area contributed by atoms with Crippen molar-refractivity contribution in [3.8, 4) is 0 Å². The molecule has 2 saturated carbocycles. The smallest absolute Gasteiger partial charge is 0.225 e. The normalized spacial score (nSPS) is 34.5. The Balaban J connectivity index is 1.54. The minimum atomic E-state index is -0.666. The van der Waals surface area contributed by atoms with E-state index in [9.17, 15) is 14.7 Å². The maximum atomic E-state index is 12.9. The van der Waals surface area contributed by atoms with Crippen LogP contribution in [-0.2, 0) is 16.0 Å². The molecule has 2 aliphatic carbocycles. The van der Waals surface area contributed by atoms with E-state index in [4.69, 9.17) is 0 Å². The summed E-state index contributed by atoms with van der Waals surface area (Å²) in [6.45, 7) is 8.28. The van der Waals surface area contributed by atoms with Gasteiger partial charge in [-0.05, 0) is 80.1 Å². The lowest BCUT2D eigenvalue weighted by molar-refractivity contribution is -0.132. The zero-order valence-corrected chi connectivity index (χ0v) is 20.1. The van der Waals surface area contributed by atoms with Crippen LogP contribution in [0.5, 0.6) is 0 Å². The molecule has 4 rings (SSSR count). The lowest BCUT2D eigenvalue weighted by atomic mass is 9.57. The van der Waals surface area contributed by atoms with Crippen LogP contribution in [0, 0.1) is 16.7 Å². The van der Waals surface area contributed by atoms with Crippen molar-refractivity contribution in [2.75, 3.05) is 13.1 Å². The topological polar surface area (TPSA) is 69.6 Å². The highest BCUT2D eigenvalue weighted by atomic mass is 32.1. The predicted molar refractivity (Wildman–Crippen MR) is 124 cm³/mol. The molecule has 4 atom stereocenters. The van der Waals surface area contributed by atoms with Gasteiger partial charge in [-0.1, -0.05) is 19.9 Å². The number of thiophene rings is 1. The molecule has 1 aromatic rings. The Hall–Kier alpha value is -1.40. The van der Waals surface area contributed by atoms with Crippen molar-refractivity contribution >= 4 is 23.2 Å². The van der Waals surface area contributed by atoms with Crippen molar-refractivity contribution in [3.63, 3.8) is 0 Å². The number of likely N-dealkylation sites (tertiary alicyclic amines) is 1. The van der Waals surface area contributed by atoms with Gasteiger partial charge in [0.2, 0.25) is 11.8 Å². The average Bonchev–Trinajstić information content (AvgIpc) is 3.42. The molecule has 3 aliphatic rings. The summed E-state index contributed by atoms with van der Waals surface area (Å²) in [5, 5.41) is 16.3. The SMILES string of the molecule is CC1(C)C[C@H](NC(=O)Cc2cccs2)[C@]2(CCC(=O)N3CCCC3)CC[C@@](C)(O)C[C@@H]12. The van der Waals surface area contributed by atoms with Crippen molar-refractivity contribution in [2.24, 2.45) is 16.7 Å². The molecular formula is C25H38N2O3S. The summed E-state index contributed by atoms with van der Waals surface area (Å²) >= 11 is 1.61. The number of hydrogen-bond donors (Lipinski definition) is 2. The van der Waals surface area contributed by atoms with Crippen molar-refractivity contribution in [2.45, 2.75) is 90.2 Å². The number of rotatable bonds is 6. The summed E-state index contributed by atoms with van der Waals surface area (Å²) in [5.74, 6) is 0.630. The van der Waals surface area contributed by atoms with Gasteiger partial charge in [0.05, 0.1) is 12.0 Å². The van der Waals surface area contributed by atoms with Crippen molar-refractivity contribution < 1.29 is 14.7 Å². The van der Waals surface area contributed by atoms with Crippen LogP contribution >= 0.6 is 11.3 Å². The van der Waals surface area contributed by atoms with E-state index >= 15 is 0 Å². The molecule has 1 saturated heterocycles. The number of carbonyl (C=O) groups is 2. The van der Waals surface area contributed by atoms with E-state index in [0.29, 0.717) is 18.8 Å². The molecule has 0 spiro atoms. The zero-order chi connectivity index (χ0) is 22.3. The summed E-state index contributed by atoms with van der Waals surface area (Å²) in [4.78, 5) is 28.9. The maximum Gasteiger partial charge on any atom is 0.225 e. The molecule has 0 bridgehead atoms. The van der Waals surface area contributed by atoms with Crippen LogP contribution in [0.1, 0.15) is 77.0 Å². The van der Waals surface area contributed by atoms with Crippen molar-refractivity contribution in [3.05, 3.63) is 22.4 Å². The Bertz CT molecular complexity index is 798. The van der Waals surface area contributed by atoms with E-state index in [1.54, 1.807) is 11.3 Å². The molecule has 6 heteroatoms. The van der Waals surface area contributed by atoms with E-state index in [1.807, 2.05) is 29.3 Å². The molecule has 31 heavy (non-hydrogen) atoms. The third-order valence-electron chi connectivity index (χ3n) is 8.35. The number of fused-ring (bicyclic) bond motifs is 1. The fraction of sp³-hybridized carbons (Fsp3) is 0.760. The van der Waals surface area contributed by atoms with E-state index in [1.165, 1.54) is 0 Å². The third-order valence-corrected chi connectivity index (χ3v) is 9.22. The summed E-state index contributed by atoms with van der Waals surface area (Å²) in [5.41, 5.74) is -0.769. The first kappa shape index (κ1) is 22.8. The quantitative estimate of drug-likeness (QED) is 0.690. The first-order valence-electron chi connectivity index (χ1n) is 11.9. The predicted octanol–water partition coefficient (Wildman–Crippen LogP) is 4.15. The Morgan fingerprint density at radius 3 is 2.61 bits per heavy atom. The molecule has 172 valence electrons. The molecule has 2 heterocycles. The van der Waals surface area contributed by atoms with Crippen LogP contribution in [0.3, 0.4) is 0 Å². The van der Waals surface area contributed by atoms with Crippen LogP contribution in [0.4, 0.5) is 0 Å². The number of nitrogens with one attached hydrogen (secondary N) is 1. The molecule has 2 N–H and O–H groups in total. The van der Waals surface area contributed by atoms with Gasteiger partial charge in [0.25, 0.3) is 0 Å². The molecule has 0 unspecified atom stereocenters. The number of nitrogens with zero attached hydrogens (tertiary/aromatic N) is 1. The Morgan fingerprint density at radius 1 is 1.19 bits per heavy atom. The van der Waals surface area contributed by atoms with Crippen molar-refractivity contribution in [1.82, 2.24) is 10.2 Å². The number of aliphatic hydroxyl groups is 1. The van der Waals surface area contributed by atoms with E-state index in [-0.39, 0.29) is 28.7 Å². The number of carbonyl (C=O) groups excluding carboxylic acids is 2. The largest absolute Gasteiger partial charge is 0.390 e. The highest BCUT2D eigenvalue weighted by molar-refractivity contribution is 7.10. The third kappa shape index (κ3) is 4.70. The molecule has 0 radical (unpaired) electrons. The standard InChI is InChI=1S/C25H38N2O3S/c1-23(2)17-20(26-21(28)15-18-7-6-14-31-18)25(11-10-24(3,30)16-19(23)25)9-8-22(29)27-12-4-5-13-27/h6-7,14,19-20,30H,4-5,8-13,15-17H2,1-3H3,(H,26,28)/t19-,20-,24+,25+/m0/s1. The summed E-state index contributed by atoms with van der Waals surface area (Å²) in [6.07, 6.45) is 7.23. The monoisotopic (exact) mass is 446 g/mol. The van der Waals surface area contributed by atoms with Crippen LogP contribution in [-0.4, -0.2) is 46.6 Å². The van der Waals surface area contributed by atoms with Crippen molar-refractivity contribution in [1.29, 1.82) is 0 Å². The molecular weight excluding hydrogens is 408 g/mol. The van der Waals surface area contributed by atoms with Gasteiger partial charge < -0.3 is 15.3 Å². The molecule has 1 aromatic heterocycles. The fourth-order valence-electron chi connectivity index (χ4n) is 6.71. The second kappa shape index (κ2) is 8.51. The van der Waals surface area contributed by atoms with Gasteiger partial charge >= 0.3 is 0 Å². The zero-order valence-electron chi connectivity index (χ0n) is 19.3. The minimum absolute atomic E-state index is 0.0159. The molecule has 1 aliphatic heterocycles. The average molecular weight is 447 g/mol. The van der Waals surface area contributed by atoms with Gasteiger partial charge in [-0.2, -0.15) is 0 Å². The Morgan fingerprint density at radius 2 is 1.94 bits per heavy atom. The van der Waals surface area contributed by atoms with E-state index in [0.717, 1.165) is 62.9 Å². The maximum absolute atomic E-state index is 12.9. The molecule has 2 amide bonds. The molecule has 5 nitrogen and oxygen atoms in total. The van der Waals surface area contributed by atoms with Crippen LogP contribution < -0.4 is 5.32 Å². The van der Waals surface area contributed by atoms with Crippen LogP contribution in [0.25, 0.3) is 0 Å². The van der Waals surface area contributed by atoms with Gasteiger partial charge in [0.15, 0.2) is 0 Å². The number of amides is 2. The molecule has 3 fully saturated rings. The van der Waals surface area contributed by atoms with Gasteiger partial charge in [0.1, 0.15) is 0 Å². The van der Waals surface area contributed by atoms with Gasteiger partial charge in [-0.3, -0.25) is 9.59 Å². The second-order valence-electron chi connectivity index (χ2n) is 11.1. The van der Waals surface area contributed by atoms with Gasteiger partial charge in [0, 0.05) is 30.4 Å². The first-order valence-corrected chi connectivity index (χ1v) is 12.8. The highest BCUT2D eigenvalue weighted by Gasteiger charge is 2.61. The van der Waals surface area contributed by atoms with Crippen LogP contribution in [0.2, 0.25) is 0 Å². The first-order chi connectivity index (χ1) is 14.6. The Kier molecular flexibility index (Phi) is 6.25. The Labute approximate surface area is 190 Å². The lowest BCUT2D eigenvalue weighted by Gasteiger charge is -2.51. The number of hydrogen-bond acceptors (Lipinski definition) is 4. The van der Waals surface area contributed by atoms with Gasteiger partial charge in [-0.25, -0.2) is 0 Å². The van der Waals surface area contributed by atoms with Gasteiger partial charge in [-0.15, -0.1) is 11.3 Å². The summed E-state index contributed by atoms with van der Waals surface area (Å²) in [6, 6.07) is 4.05. The minimum Gasteiger partial charge on any atom is -0.390 e. The fourth-order valence-corrected chi connectivity index (χ4v) is 7.42.